The SMILES string of the molecule is CN[C@H](C(=O)O)c1cccc(Cl)c1. The van der Waals surface area contributed by atoms with Crippen molar-refractivity contribution in [2.45, 2.75) is 6.04 Å². The monoisotopic (exact) mass is 199 g/mol. The molecule has 2 N–H and O–H groups in total. The van der Waals surface area contributed by atoms with Crippen LogP contribution in [0.15, 0.2) is 24.3 Å². The Hall–Kier alpha value is -1.06. The highest BCUT2D eigenvalue weighted by Crippen LogP contribution is 2.17. The van der Waals surface area contributed by atoms with Crippen molar-refractivity contribution < 1.29 is 9.90 Å². The number of likely N-dealkylation sites (N-methyl/N-ethyl adjacent to an activating group) is 1. The van der Waals surface area contributed by atoms with Gasteiger partial charge in [-0.3, -0.25) is 4.79 Å². The van der Waals surface area contributed by atoms with E-state index in [1.54, 1.807) is 31.3 Å². The van der Waals surface area contributed by atoms with Crippen LogP contribution in [0.25, 0.3) is 0 Å². The van der Waals surface area contributed by atoms with Gasteiger partial charge in [0.2, 0.25) is 0 Å². The molecule has 0 spiro atoms. The molecule has 0 saturated carbocycles. The number of hydrogen-bond donors (Lipinski definition) is 2. The Morgan fingerprint density at radius 1 is 1.62 bits per heavy atom. The highest BCUT2D eigenvalue weighted by molar-refractivity contribution is 6.30. The average molecular weight is 200 g/mol. The Balaban J connectivity index is 2.98. The summed E-state index contributed by atoms with van der Waals surface area (Å²) in [6.07, 6.45) is 0. The standard InChI is InChI=1S/C9H10ClNO2/c1-11-8(9(12)13)6-3-2-4-7(10)5-6/h2-5,8,11H,1H3,(H,12,13)/t8-/m0/s1. The highest BCUT2D eigenvalue weighted by Gasteiger charge is 2.16. The number of carboxylic acid groups (broad SMARTS) is 1. The quantitative estimate of drug-likeness (QED) is 0.779. The van der Waals surface area contributed by atoms with Crippen molar-refractivity contribution in [1.82, 2.24) is 5.32 Å². The second-order valence-electron chi connectivity index (χ2n) is 2.61. The molecule has 0 aliphatic heterocycles. The van der Waals surface area contributed by atoms with Crippen LogP contribution in [0.2, 0.25) is 5.02 Å². The summed E-state index contributed by atoms with van der Waals surface area (Å²) in [7, 11) is 1.60. The van der Waals surface area contributed by atoms with E-state index in [1.165, 1.54) is 0 Å². The van der Waals surface area contributed by atoms with Gasteiger partial charge in [-0.15, -0.1) is 0 Å². The maximum absolute atomic E-state index is 10.7. The number of benzene rings is 1. The molecule has 1 rings (SSSR count). The van der Waals surface area contributed by atoms with Crippen LogP contribution in [0.5, 0.6) is 0 Å². The minimum Gasteiger partial charge on any atom is -0.480 e. The summed E-state index contributed by atoms with van der Waals surface area (Å²) in [5.41, 5.74) is 0.655. The smallest absolute Gasteiger partial charge is 0.325 e. The summed E-state index contributed by atoms with van der Waals surface area (Å²) in [4.78, 5) is 10.7. The molecule has 1 aromatic carbocycles. The fraction of sp³-hybridized carbons (Fsp3) is 0.222. The fourth-order valence-electron chi connectivity index (χ4n) is 1.12. The first kappa shape index (κ1) is 10.0. The maximum Gasteiger partial charge on any atom is 0.325 e. The maximum atomic E-state index is 10.7. The molecule has 0 aromatic heterocycles. The predicted molar refractivity (Wildman–Crippen MR) is 50.9 cm³/mol. The molecule has 0 bridgehead atoms. The van der Waals surface area contributed by atoms with Gasteiger partial charge in [0.05, 0.1) is 0 Å². The van der Waals surface area contributed by atoms with E-state index in [-0.39, 0.29) is 0 Å². The van der Waals surface area contributed by atoms with E-state index in [0.717, 1.165) is 0 Å². The average Bonchev–Trinajstić information content (AvgIpc) is 2.04. The van der Waals surface area contributed by atoms with E-state index in [1.807, 2.05) is 0 Å². The molecular formula is C9H10ClNO2. The summed E-state index contributed by atoms with van der Waals surface area (Å²) in [6.45, 7) is 0. The van der Waals surface area contributed by atoms with E-state index in [2.05, 4.69) is 5.32 Å². The Morgan fingerprint density at radius 2 is 2.31 bits per heavy atom. The number of aliphatic carboxylic acids is 1. The van der Waals surface area contributed by atoms with Crippen molar-refractivity contribution in [3.05, 3.63) is 34.9 Å². The molecule has 70 valence electrons. The van der Waals surface area contributed by atoms with E-state index < -0.39 is 12.0 Å². The predicted octanol–water partition coefficient (Wildman–Crippen LogP) is 1.69. The topological polar surface area (TPSA) is 49.3 Å². The molecule has 3 nitrogen and oxygen atoms in total. The first-order valence-electron chi connectivity index (χ1n) is 3.80. The van der Waals surface area contributed by atoms with Gasteiger partial charge in [-0.2, -0.15) is 0 Å². The highest BCUT2D eigenvalue weighted by atomic mass is 35.5. The minimum atomic E-state index is -0.912. The third kappa shape index (κ3) is 2.44. The second kappa shape index (κ2) is 4.25. The summed E-state index contributed by atoms with van der Waals surface area (Å²) in [6, 6.07) is 6.10. The zero-order chi connectivity index (χ0) is 9.84. The van der Waals surface area contributed by atoms with Crippen LogP contribution in [0.3, 0.4) is 0 Å². The van der Waals surface area contributed by atoms with Crippen molar-refractivity contribution in [3.63, 3.8) is 0 Å². The van der Waals surface area contributed by atoms with Crippen molar-refractivity contribution >= 4 is 17.6 Å². The van der Waals surface area contributed by atoms with E-state index in [9.17, 15) is 4.79 Å². The first-order chi connectivity index (χ1) is 6.15. The van der Waals surface area contributed by atoms with Gasteiger partial charge in [0.1, 0.15) is 6.04 Å². The lowest BCUT2D eigenvalue weighted by Gasteiger charge is -2.11. The van der Waals surface area contributed by atoms with Crippen LogP contribution in [-0.4, -0.2) is 18.1 Å². The molecule has 1 atom stereocenters. The molecule has 0 saturated heterocycles. The van der Waals surface area contributed by atoms with Gasteiger partial charge in [0, 0.05) is 5.02 Å². The molecule has 4 heteroatoms. The molecule has 0 radical (unpaired) electrons. The Kier molecular flexibility index (Phi) is 3.28. The molecule has 0 fully saturated rings. The largest absolute Gasteiger partial charge is 0.480 e. The molecule has 0 aliphatic carbocycles. The summed E-state index contributed by atoms with van der Waals surface area (Å²) in [5, 5.41) is 12.0. The molecule has 1 aromatic rings. The number of carboxylic acids is 1. The minimum absolute atomic E-state index is 0.541. The lowest BCUT2D eigenvalue weighted by atomic mass is 10.1. The zero-order valence-electron chi connectivity index (χ0n) is 7.12. The van der Waals surface area contributed by atoms with Crippen molar-refractivity contribution in [2.75, 3.05) is 7.05 Å². The van der Waals surface area contributed by atoms with Gasteiger partial charge >= 0.3 is 5.97 Å². The van der Waals surface area contributed by atoms with Crippen LogP contribution in [0.1, 0.15) is 11.6 Å². The van der Waals surface area contributed by atoms with Gasteiger partial charge in [-0.05, 0) is 24.7 Å². The zero-order valence-corrected chi connectivity index (χ0v) is 7.88. The van der Waals surface area contributed by atoms with Crippen molar-refractivity contribution in [1.29, 1.82) is 0 Å². The van der Waals surface area contributed by atoms with E-state index in [4.69, 9.17) is 16.7 Å². The normalized spacial score (nSPS) is 12.5. The van der Waals surface area contributed by atoms with Crippen LogP contribution in [0.4, 0.5) is 0 Å². The number of rotatable bonds is 3. The van der Waals surface area contributed by atoms with Crippen LogP contribution < -0.4 is 5.32 Å². The molecule has 0 amide bonds. The van der Waals surface area contributed by atoms with E-state index in [0.29, 0.717) is 10.6 Å². The molecule has 0 heterocycles. The third-order valence-corrected chi connectivity index (χ3v) is 1.95. The molecular weight excluding hydrogens is 190 g/mol. The van der Waals surface area contributed by atoms with E-state index >= 15 is 0 Å². The van der Waals surface area contributed by atoms with Gasteiger partial charge in [-0.25, -0.2) is 0 Å². The van der Waals surface area contributed by atoms with Crippen LogP contribution in [-0.2, 0) is 4.79 Å². The lowest BCUT2D eigenvalue weighted by Crippen LogP contribution is -2.24. The number of carbonyl (C=O) groups is 1. The Morgan fingerprint density at radius 3 is 2.77 bits per heavy atom. The molecule has 0 unspecified atom stereocenters. The fourth-order valence-corrected chi connectivity index (χ4v) is 1.32. The van der Waals surface area contributed by atoms with Crippen LogP contribution in [0, 0.1) is 0 Å². The number of halogens is 1. The lowest BCUT2D eigenvalue weighted by molar-refractivity contribution is -0.139. The summed E-state index contributed by atoms with van der Waals surface area (Å²) in [5.74, 6) is -0.912. The summed E-state index contributed by atoms with van der Waals surface area (Å²) < 4.78 is 0. The van der Waals surface area contributed by atoms with Gasteiger partial charge < -0.3 is 10.4 Å². The number of hydrogen-bond acceptors (Lipinski definition) is 2. The molecule has 13 heavy (non-hydrogen) atoms. The van der Waals surface area contributed by atoms with Crippen molar-refractivity contribution in [2.24, 2.45) is 0 Å². The molecule has 0 aliphatic rings. The van der Waals surface area contributed by atoms with Gasteiger partial charge in [0.15, 0.2) is 0 Å². The third-order valence-electron chi connectivity index (χ3n) is 1.72. The first-order valence-corrected chi connectivity index (χ1v) is 4.18. The second-order valence-corrected chi connectivity index (χ2v) is 3.05. The van der Waals surface area contributed by atoms with Gasteiger partial charge in [0.25, 0.3) is 0 Å². The summed E-state index contributed by atoms with van der Waals surface area (Å²) >= 11 is 5.73. The Bertz CT molecular complexity index is 314. The Labute approximate surface area is 81.3 Å². The van der Waals surface area contributed by atoms with Gasteiger partial charge in [-0.1, -0.05) is 23.7 Å². The number of nitrogens with one attached hydrogen (secondary N) is 1. The van der Waals surface area contributed by atoms with Crippen molar-refractivity contribution in [3.8, 4) is 0 Å². The van der Waals surface area contributed by atoms with Crippen LogP contribution >= 0.6 is 11.6 Å².